The van der Waals surface area contributed by atoms with Crippen molar-refractivity contribution in [1.29, 1.82) is 0 Å². The molecule has 1 aliphatic rings. The van der Waals surface area contributed by atoms with Crippen LogP contribution in [0.25, 0.3) is 22.7 Å². The third kappa shape index (κ3) is 5.35. The lowest BCUT2D eigenvalue weighted by atomic mass is 10.2. The van der Waals surface area contributed by atoms with Crippen LogP contribution < -0.4 is 0 Å². The van der Waals surface area contributed by atoms with Gasteiger partial charge in [0.05, 0.1) is 25.2 Å². The Kier molecular flexibility index (Phi) is 6.98. The molecule has 2 aromatic carbocycles. The highest BCUT2D eigenvalue weighted by Crippen LogP contribution is 2.28. The van der Waals surface area contributed by atoms with E-state index in [1.165, 1.54) is 36.0 Å². The summed E-state index contributed by atoms with van der Waals surface area (Å²) in [5.41, 5.74) is 1.56. The molecule has 34 heavy (non-hydrogen) atoms. The maximum Gasteiger partial charge on any atom is 0.205 e. The van der Waals surface area contributed by atoms with E-state index in [1.807, 2.05) is 0 Å². The fourth-order valence-electron chi connectivity index (χ4n) is 3.73. The van der Waals surface area contributed by atoms with Gasteiger partial charge in [0.15, 0.2) is 16.7 Å². The van der Waals surface area contributed by atoms with Gasteiger partial charge in [0, 0.05) is 37.3 Å². The molecule has 0 aliphatic carbocycles. The largest absolute Gasteiger partial charge is 0.440 e. The quantitative estimate of drug-likeness (QED) is 0.342. The average Bonchev–Trinajstić information content (AvgIpc) is 3.50. The smallest absolute Gasteiger partial charge is 0.205 e. The van der Waals surface area contributed by atoms with Gasteiger partial charge in [-0.3, -0.25) is 4.90 Å². The standard InChI is InChI=1S/C24H23F2N5O2S/c25-19-5-1-17(2-6-19)21-15-27-22(33-21)16-34-24-29-28-23(18-3-7-20(26)8-4-18)31(24)10-9-30-11-13-32-14-12-30/h1-8,15H,9-14,16H2. The molecule has 176 valence electrons. The van der Waals surface area contributed by atoms with Gasteiger partial charge in [-0.15, -0.1) is 10.2 Å². The molecule has 0 bridgehead atoms. The third-order valence-corrected chi connectivity index (χ3v) is 6.52. The summed E-state index contributed by atoms with van der Waals surface area (Å²) >= 11 is 1.47. The van der Waals surface area contributed by atoms with Gasteiger partial charge < -0.3 is 13.7 Å². The van der Waals surface area contributed by atoms with Crippen molar-refractivity contribution >= 4 is 11.8 Å². The zero-order valence-corrected chi connectivity index (χ0v) is 19.2. The van der Waals surface area contributed by atoms with Crippen LogP contribution in [-0.2, 0) is 17.0 Å². The van der Waals surface area contributed by atoms with Crippen LogP contribution in [0.4, 0.5) is 8.78 Å². The molecule has 0 amide bonds. The van der Waals surface area contributed by atoms with Crippen molar-refractivity contribution < 1.29 is 17.9 Å². The number of hydrogen-bond acceptors (Lipinski definition) is 7. The Hall–Kier alpha value is -3.08. The highest BCUT2D eigenvalue weighted by molar-refractivity contribution is 7.98. The fraction of sp³-hybridized carbons (Fsp3) is 0.292. The van der Waals surface area contributed by atoms with Crippen molar-refractivity contribution in [3.63, 3.8) is 0 Å². The Morgan fingerprint density at radius 2 is 1.53 bits per heavy atom. The predicted octanol–water partition coefficient (Wildman–Crippen LogP) is 4.50. The number of hydrogen-bond donors (Lipinski definition) is 0. The summed E-state index contributed by atoms with van der Waals surface area (Å²) in [5.74, 6) is 1.67. The third-order valence-electron chi connectivity index (χ3n) is 5.57. The van der Waals surface area contributed by atoms with Crippen LogP contribution in [0.5, 0.6) is 0 Å². The van der Waals surface area contributed by atoms with Gasteiger partial charge in [0.25, 0.3) is 0 Å². The normalized spacial score (nSPS) is 14.5. The van der Waals surface area contributed by atoms with Crippen LogP contribution in [-0.4, -0.2) is 57.5 Å². The lowest BCUT2D eigenvalue weighted by molar-refractivity contribution is 0.0361. The molecule has 0 unspecified atom stereocenters. The molecule has 5 rings (SSSR count). The van der Waals surface area contributed by atoms with E-state index in [1.54, 1.807) is 30.5 Å². The lowest BCUT2D eigenvalue weighted by Gasteiger charge is -2.27. The topological polar surface area (TPSA) is 69.2 Å². The van der Waals surface area contributed by atoms with Crippen molar-refractivity contribution in [2.24, 2.45) is 0 Å². The highest BCUT2D eigenvalue weighted by atomic mass is 32.2. The van der Waals surface area contributed by atoms with Gasteiger partial charge >= 0.3 is 0 Å². The Labute approximate surface area is 199 Å². The molecule has 1 fully saturated rings. The Morgan fingerprint density at radius 1 is 0.853 bits per heavy atom. The number of morpholine rings is 1. The second-order valence-corrected chi connectivity index (χ2v) is 8.78. The van der Waals surface area contributed by atoms with Crippen molar-refractivity contribution in [1.82, 2.24) is 24.6 Å². The van der Waals surface area contributed by atoms with E-state index in [0.29, 0.717) is 29.8 Å². The van der Waals surface area contributed by atoms with Crippen LogP contribution in [0.3, 0.4) is 0 Å². The summed E-state index contributed by atoms with van der Waals surface area (Å²) < 4.78 is 40.0. The van der Waals surface area contributed by atoms with Crippen LogP contribution in [0, 0.1) is 11.6 Å². The molecule has 10 heteroatoms. The van der Waals surface area contributed by atoms with E-state index < -0.39 is 0 Å². The highest BCUT2D eigenvalue weighted by Gasteiger charge is 2.18. The van der Waals surface area contributed by atoms with Gasteiger partial charge in [0.2, 0.25) is 5.89 Å². The van der Waals surface area contributed by atoms with Crippen molar-refractivity contribution in [2.45, 2.75) is 17.5 Å². The Bertz CT molecular complexity index is 1220. The molecule has 7 nitrogen and oxygen atoms in total. The zero-order chi connectivity index (χ0) is 23.3. The summed E-state index contributed by atoms with van der Waals surface area (Å²) in [6.07, 6.45) is 1.64. The maximum atomic E-state index is 13.5. The van der Waals surface area contributed by atoms with Crippen LogP contribution in [0.2, 0.25) is 0 Å². The number of oxazole rings is 1. The zero-order valence-electron chi connectivity index (χ0n) is 18.4. The minimum absolute atomic E-state index is 0.293. The first-order valence-corrected chi connectivity index (χ1v) is 12.0. The second kappa shape index (κ2) is 10.5. The molecule has 3 heterocycles. The number of benzene rings is 2. The number of nitrogens with zero attached hydrogens (tertiary/aromatic N) is 5. The molecule has 0 spiro atoms. The summed E-state index contributed by atoms with van der Waals surface area (Å²) in [7, 11) is 0. The molecule has 1 saturated heterocycles. The number of ether oxygens (including phenoxy) is 1. The second-order valence-electron chi connectivity index (χ2n) is 7.83. The molecule has 0 saturated carbocycles. The van der Waals surface area contributed by atoms with Gasteiger partial charge in [0.1, 0.15) is 11.6 Å². The maximum absolute atomic E-state index is 13.5. The average molecular weight is 484 g/mol. The molecular formula is C24H23F2N5O2S. The van der Waals surface area contributed by atoms with E-state index in [9.17, 15) is 8.78 Å². The minimum atomic E-state index is -0.299. The van der Waals surface area contributed by atoms with E-state index in [4.69, 9.17) is 9.15 Å². The molecular weight excluding hydrogens is 460 g/mol. The summed E-state index contributed by atoms with van der Waals surface area (Å²) in [6, 6.07) is 12.4. The fourth-order valence-corrected chi connectivity index (χ4v) is 4.54. The first-order chi connectivity index (χ1) is 16.7. The first kappa shape index (κ1) is 22.7. The summed E-state index contributed by atoms with van der Waals surface area (Å²) in [6.45, 7) is 4.76. The van der Waals surface area contributed by atoms with E-state index >= 15 is 0 Å². The molecule has 0 N–H and O–H groups in total. The Balaban J connectivity index is 1.33. The monoisotopic (exact) mass is 483 g/mol. The number of halogens is 2. The van der Waals surface area contributed by atoms with Crippen molar-refractivity contribution in [3.8, 4) is 22.7 Å². The number of thioether (sulfide) groups is 1. The van der Waals surface area contributed by atoms with Crippen molar-refractivity contribution in [2.75, 3.05) is 32.8 Å². The molecule has 2 aromatic heterocycles. The van der Waals surface area contributed by atoms with Gasteiger partial charge in [-0.25, -0.2) is 13.8 Å². The molecule has 4 aromatic rings. The summed E-state index contributed by atoms with van der Waals surface area (Å²) in [5, 5.41) is 9.52. The van der Waals surface area contributed by atoms with E-state index in [2.05, 4.69) is 24.6 Å². The Morgan fingerprint density at radius 3 is 2.24 bits per heavy atom. The summed E-state index contributed by atoms with van der Waals surface area (Å²) in [4.78, 5) is 6.69. The predicted molar refractivity (Wildman–Crippen MR) is 124 cm³/mol. The van der Waals surface area contributed by atoms with E-state index in [-0.39, 0.29) is 11.6 Å². The molecule has 0 radical (unpaired) electrons. The van der Waals surface area contributed by atoms with Gasteiger partial charge in [-0.1, -0.05) is 11.8 Å². The molecule has 1 aliphatic heterocycles. The lowest BCUT2D eigenvalue weighted by Crippen LogP contribution is -2.38. The van der Waals surface area contributed by atoms with Crippen LogP contribution >= 0.6 is 11.8 Å². The van der Waals surface area contributed by atoms with Crippen LogP contribution in [0.15, 0.2) is 64.3 Å². The molecule has 0 atom stereocenters. The van der Waals surface area contributed by atoms with Crippen molar-refractivity contribution in [3.05, 3.63) is 72.3 Å². The van der Waals surface area contributed by atoms with Gasteiger partial charge in [-0.05, 0) is 48.5 Å². The van der Waals surface area contributed by atoms with Gasteiger partial charge in [-0.2, -0.15) is 0 Å². The minimum Gasteiger partial charge on any atom is -0.440 e. The SMILES string of the molecule is Fc1ccc(-c2cnc(CSc3nnc(-c4ccc(F)cc4)n3CCN3CCOCC3)o2)cc1. The van der Waals surface area contributed by atoms with Crippen LogP contribution in [0.1, 0.15) is 5.89 Å². The first-order valence-electron chi connectivity index (χ1n) is 11.0. The van der Waals surface area contributed by atoms with E-state index in [0.717, 1.165) is 49.1 Å². The number of aromatic nitrogens is 4. The number of rotatable bonds is 8.